The smallest absolute Gasteiger partial charge is 0.348 e. The first kappa shape index (κ1) is 25.2. The van der Waals surface area contributed by atoms with Crippen molar-refractivity contribution in [2.75, 3.05) is 0 Å². The molecule has 3 heterocycles. The normalized spacial score (nSPS) is 13.4. The number of nitrogens with zero attached hydrogens (tertiary/aromatic N) is 6. The Labute approximate surface area is 191 Å². The molecule has 3 aromatic rings. The minimum absolute atomic E-state index is 0.0550. The zero-order valence-electron chi connectivity index (χ0n) is 18.5. The SMILES string of the molecule is Cc1ncc(-c2cc(C(F)(F)F)nn2CC(C)(C)NC(=O)[C@H](N)Cc2cnn(C(F)F)c2)cn1. The van der Waals surface area contributed by atoms with Gasteiger partial charge >= 0.3 is 12.7 Å². The van der Waals surface area contributed by atoms with Crippen LogP contribution < -0.4 is 11.1 Å². The van der Waals surface area contributed by atoms with E-state index < -0.39 is 35.9 Å². The van der Waals surface area contributed by atoms with Crippen molar-refractivity contribution in [3.05, 3.63) is 47.9 Å². The van der Waals surface area contributed by atoms with Crippen molar-refractivity contribution in [1.82, 2.24) is 34.8 Å². The monoisotopic (exact) mass is 486 g/mol. The lowest BCUT2D eigenvalue weighted by Gasteiger charge is -2.28. The molecule has 0 aliphatic heterocycles. The van der Waals surface area contributed by atoms with Gasteiger partial charge in [-0.25, -0.2) is 14.6 Å². The van der Waals surface area contributed by atoms with Crippen LogP contribution in [0, 0.1) is 6.92 Å². The van der Waals surface area contributed by atoms with Crippen LogP contribution in [0.2, 0.25) is 0 Å². The lowest BCUT2D eigenvalue weighted by molar-refractivity contribution is -0.141. The van der Waals surface area contributed by atoms with Gasteiger partial charge in [-0.2, -0.15) is 32.1 Å². The Hall–Kier alpha value is -3.42. The first-order valence-electron chi connectivity index (χ1n) is 10.1. The second-order valence-electron chi connectivity index (χ2n) is 8.38. The van der Waals surface area contributed by atoms with Crippen molar-refractivity contribution in [2.24, 2.45) is 5.73 Å². The van der Waals surface area contributed by atoms with Crippen molar-refractivity contribution in [3.8, 4) is 11.3 Å². The van der Waals surface area contributed by atoms with Gasteiger partial charge in [0.2, 0.25) is 5.91 Å². The maximum absolute atomic E-state index is 13.3. The van der Waals surface area contributed by atoms with Gasteiger partial charge in [-0.3, -0.25) is 9.48 Å². The highest BCUT2D eigenvalue weighted by Gasteiger charge is 2.36. The molecular weight excluding hydrogens is 463 g/mol. The molecule has 34 heavy (non-hydrogen) atoms. The molecule has 0 aromatic carbocycles. The van der Waals surface area contributed by atoms with Crippen LogP contribution in [0.15, 0.2) is 30.9 Å². The second kappa shape index (κ2) is 9.44. The van der Waals surface area contributed by atoms with Crippen molar-refractivity contribution in [2.45, 2.75) is 58.0 Å². The largest absolute Gasteiger partial charge is 0.435 e. The summed E-state index contributed by atoms with van der Waals surface area (Å²) in [7, 11) is 0. The highest BCUT2D eigenvalue weighted by Crippen LogP contribution is 2.32. The minimum atomic E-state index is -4.68. The van der Waals surface area contributed by atoms with Crippen LogP contribution in [0.25, 0.3) is 11.3 Å². The Morgan fingerprint density at radius 3 is 2.38 bits per heavy atom. The van der Waals surface area contributed by atoms with E-state index >= 15 is 0 Å². The first-order valence-corrected chi connectivity index (χ1v) is 10.1. The number of nitrogens with two attached hydrogens (primary N) is 1. The molecule has 0 aliphatic rings. The van der Waals surface area contributed by atoms with Crippen molar-refractivity contribution in [3.63, 3.8) is 0 Å². The zero-order chi connectivity index (χ0) is 25.3. The summed E-state index contributed by atoms with van der Waals surface area (Å²) in [6, 6.07) is -0.207. The van der Waals surface area contributed by atoms with E-state index in [1.54, 1.807) is 20.8 Å². The van der Waals surface area contributed by atoms with Crippen LogP contribution in [0.3, 0.4) is 0 Å². The number of hydrogen-bond donors (Lipinski definition) is 2. The number of halogens is 5. The van der Waals surface area contributed by atoms with Gasteiger partial charge in [0.25, 0.3) is 0 Å². The molecule has 1 amide bonds. The van der Waals surface area contributed by atoms with Crippen LogP contribution in [0.4, 0.5) is 22.0 Å². The van der Waals surface area contributed by atoms with E-state index in [1.807, 2.05) is 0 Å². The number of aryl methyl sites for hydroxylation is 1. The molecule has 1 atom stereocenters. The summed E-state index contributed by atoms with van der Waals surface area (Å²) in [5.74, 6) is -0.162. The Balaban J connectivity index is 1.77. The Morgan fingerprint density at radius 2 is 1.82 bits per heavy atom. The van der Waals surface area contributed by atoms with Crippen molar-refractivity contribution >= 4 is 5.91 Å². The average molecular weight is 486 g/mol. The molecule has 3 N–H and O–H groups in total. The fraction of sp³-hybridized carbons (Fsp3) is 0.450. The summed E-state index contributed by atoms with van der Waals surface area (Å²) >= 11 is 0. The number of hydrogen-bond acceptors (Lipinski definition) is 6. The summed E-state index contributed by atoms with van der Waals surface area (Å²) in [5, 5.41) is 9.84. The highest BCUT2D eigenvalue weighted by atomic mass is 19.4. The predicted octanol–water partition coefficient (Wildman–Crippen LogP) is 2.72. The lowest BCUT2D eigenvalue weighted by Crippen LogP contribution is -2.53. The number of nitrogens with one attached hydrogen (secondary N) is 1. The quantitative estimate of drug-likeness (QED) is 0.473. The molecule has 0 bridgehead atoms. The molecule has 0 saturated carbocycles. The number of aromatic nitrogens is 6. The molecule has 0 fully saturated rings. The van der Waals surface area contributed by atoms with Gasteiger partial charge in [-0.05, 0) is 38.8 Å². The third kappa shape index (κ3) is 6.12. The van der Waals surface area contributed by atoms with E-state index in [9.17, 15) is 26.7 Å². The maximum atomic E-state index is 13.3. The van der Waals surface area contributed by atoms with Gasteiger partial charge in [0.1, 0.15) is 5.82 Å². The van der Waals surface area contributed by atoms with Gasteiger partial charge in [-0.1, -0.05) is 0 Å². The van der Waals surface area contributed by atoms with Crippen molar-refractivity contribution in [1.29, 1.82) is 0 Å². The molecule has 0 spiro atoms. The highest BCUT2D eigenvalue weighted by molar-refractivity contribution is 5.82. The van der Waals surface area contributed by atoms with Gasteiger partial charge < -0.3 is 11.1 Å². The minimum Gasteiger partial charge on any atom is -0.348 e. The fourth-order valence-corrected chi connectivity index (χ4v) is 3.21. The fourth-order valence-electron chi connectivity index (χ4n) is 3.21. The Kier molecular flexibility index (Phi) is 7.00. The molecule has 0 radical (unpaired) electrons. The molecule has 0 saturated heterocycles. The van der Waals surface area contributed by atoms with Crippen LogP contribution >= 0.6 is 0 Å². The number of carbonyl (C=O) groups is 1. The van der Waals surface area contributed by atoms with E-state index in [1.165, 1.54) is 18.6 Å². The maximum Gasteiger partial charge on any atom is 0.435 e. The standard InChI is InChI=1S/C20H23F5N8O/c1-11-27-7-13(8-28-11)15-5-16(20(23,24)25)31-33(15)10-19(2,3)30-17(34)14(26)4-12-6-29-32(9-12)18(21)22/h5-9,14,18H,4,10,26H2,1-3H3,(H,30,34)/t14-/m1/s1. The van der Waals surface area contributed by atoms with Crippen molar-refractivity contribution < 1.29 is 26.7 Å². The third-order valence-corrected chi connectivity index (χ3v) is 4.80. The average Bonchev–Trinajstić information content (AvgIpc) is 3.35. The zero-order valence-corrected chi connectivity index (χ0v) is 18.5. The van der Waals surface area contributed by atoms with Crippen LogP contribution in [0.5, 0.6) is 0 Å². The summed E-state index contributed by atoms with van der Waals surface area (Å²) in [5.41, 5.74) is 4.52. The van der Waals surface area contributed by atoms with E-state index in [0.717, 1.165) is 16.9 Å². The van der Waals surface area contributed by atoms with E-state index in [-0.39, 0.29) is 18.7 Å². The first-order chi connectivity index (χ1) is 15.7. The number of rotatable bonds is 8. The Morgan fingerprint density at radius 1 is 1.18 bits per heavy atom. The van der Waals surface area contributed by atoms with E-state index in [4.69, 9.17) is 5.73 Å². The molecule has 0 unspecified atom stereocenters. The molecule has 0 aliphatic carbocycles. The molecule has 3 aromatic heterocycles. The predicted molar refractivity (Wildman–Crippen MR) is 110 cm³/mol. The van der Waals surface area contributed by atoms with Gasteiger partial charge in [-0.15, -0.1) is 0 Å². The topological polar surface area (TPSA) is 117 Å². The van der Waals surface area contributed by atoms with Crippen LogP contribution in [0.1, 0.15) is 37.5 Å². The number of alkyl halides is 5. The summed E-state index contributed by atoms with van der Waals surface area (Å²) in [6.45, 7) is 1.88. The lowest BCUT2D eigenvalue weighted by atomic mass is 10.0. The summed E-state index contributed by atoms with van der Waals surface area (Å²) < 4.78 is 66.8. The number of carbonyl (C=O) groups excluding carboxylic acids is 1. The van der Waals surface area contributed by atoms with Crippen LogP contribution in [-0.2, 0) is 23.9 Å². The molecule has 14 heteroatoms. The second-order valence-corrected chi connectivity index (χ2v) is 8.38. The molecular formula is C20H23F5N8O. The summed E-state index contributed by atoms with van der Waals surface area (Å²) in [4.78, 5) is 20.6. The summed E-state index contributed by atoms with van der Waals surface area (Å²) in [6.07, 6.45) is 0.308. The molecule has 9 nitrogen and oxygen atoms in total. The van der Waals surface area contributed by atoms with Gasteiger partial charge in [0.05, 0.1) is 30.0 Å². The molecule has 184 valence electrons. The van der Waals surface area contributed by atoms with Crippen LogP contribution in [-0.4, -0.2) is 47.0 Å². The number of amides is 1. The van der Waals surface area contributed by atoms with E-state index in [2.05, 4.69) is 25.5 Å². The third-order valence-electron chi connectivity index (χ3n) is 4.80. The van der Waals surface area contributed by atoms with E-state index in [0.29, 0.717) is 21.6 Å². The van der Waals surface area contributed by atoms with Gasteiger partial charge in [0.15, 0.2) is 5.69 Å². The Bertz CT molecular complexity index is 1140. The molecule has 3 rings (SSSR count). The van der Waals surface area contributed by atoms with Gasteiger partial charge in [0, 0.05) is 24.2 Å².